The molecule has 2 saturated heterocycles. The zero-order valence-electron chi connectivity index (χ0n) is 18.5. The fraction of sp³-hybridized carbons (Fsp3) is 0.417. The van der Waals surface area contributed by atoms with Gasteiger partial charge in [0.1, 0.15) is 0 Å². The SMILES string of the molecule is O=C(CN1CCN(CC(=O)N2CCOCC2)CC1)Nc1ccccc1Sc1ccc(Cl)cc1. The fourth-order valence-corrected chi connectivity index (χ4v) is 4.92. The third-order valence-electron chi connectivity index (χ3n) is 5.76. The largest absolute Gasteiger partial charge is 0.378 e. The van der Waals surface area contributed by atoms with Crippen molar-refractivity contribution in [1.82, 2.24) is 14.7 Å². The molecule has 2 aliphatic heterocycles. The van der Waals surface area contributed by atoms with Crippen molar-refractivity contribution in [3.8, 4) is 0 Å². The lowest BCUT2D eigenvalue weighted by Gasteiger charge is -2.35. The van der Waals surface area contributed by atoms with Crippen molar-refractivity contribution >= 4 is 40.9 Å². The van der Waals surface area contributed by atoms with Crippen LogP contribution in [-0.4, -0.2) is 92.1 Å². The smallest absolute Gasteiger partial charge is 0.238 e. The second kappa shape index (κ2) is 11.9. The molecule has 9 heteroatoms. The third-order valence-corrected chi connectivity index (χ3v) is 7.09. The minimum Gasteiger partial charge on any atom is -0.378 e. The summed E-state index contributed by atoms with van der Waals surface area (Å²) in [5.74, 6) is 0.135. The zero-order valence-corrected chi connectivity index (χ0v) is 20.1. The molecule has 4 rings (SSSR count). The second-order valence-electron chi connectivity index (χ2n) is 8.15. The Morgan fingerprint density at radius 3 is 2.21 bits per heavy atom. The van der Waals surface area contributed by atoms with Gasteiger partial charge < -0.3 is 15.0 Å². The van der Waals surface area contributed by atoms with Gasteiger partial charge in [-0.2, -0.15) is 0 Å². The molecule has 0 atom stereocenters. The number of rotatable bonds is 7. The highest BCUT2D eigenvalue weighted by atomic mass is 35.5. The molecule has 0 saturated carbocycles. The Morgan fingerprint density at radius 2 is 1.52 bits per heavy atom. The Kier molecular flexibility index (Phi) is 8.63. The van der Waals surface area contributed by atoms with E-state index in [1.165, 1.54) is 0 Å². The van der Waals surface area contributed by atoms with Gasteiger partial charge in [0.2, 0.25) is 11.8 Å². The molecule has 2 amide bonds. The maximum Gasteiger partial charge on any atom is 0.238 e. The summed E-state index contributed by atoms with van der Waals surface area (Å²) in [7, 11) is 0. The molecule has 0 unspecified atom stereocenters. The van der Waals surface area contributed by atoms with Crippen molar-refractivity contribution in [3.05, 3.63) is 53.6 Å². The summed E-state index contributed by atoms with van der Waals surface area (Å²) in [5, 5.41) is 3.76. The highest BCUT2D eigenvalue weighted by Gasteiger charge is 2.24. The summed E-state index contributed by atoms with van der Waals surface area (Å²) in [6.45, 7) is 6.48. The Morgan fingerprint density at radius 1 is 0.879 bits per heavy atom. The normalized spacial score (nSPS) is 17.7. The number of piperazine rings is 1. The average molecular weight is 489 g/mol. The number of para-hydroxylation sites is 1. The van der Waals surface area contributed by atoms with Crippen LogP contribution in [0.2, 0.25) is 5.02 Å². The summed E-state index contributed by atoms with van der Waals surface area (Å²) in [6, 6.07) is 15.5. The lowest BCUT2D eigenvalue weighted by atomic mass is 10.2. The van der Waals surface area contributed by atoms with E-state index in [1.807, 2.05) is 53.4 Å². The van der Waals surface area contributed by atoms with Gasteiger partial charge in [-0.05, 0) is 36.4 Å². The molecule has 2 aromatic carbocycles. The molecule has 2 aliphatic rings. The first kappa shape index (κ1) is 24.0. The third kappa shape index (κ3) is 7.19. The van der Waals surface area contributed by atoms with Crippen LogP contribution in [0.4, 0.5) is 5.69 Å². The number of nitrogens with one attached hydrogen (secondary N) is 1. The van der Waals surface area contributed by atoms with E-state index in [9.17, 15) is 9.59 Å². The summed E-state index contributed by atoms with van der Waals surface area (Å²) >= 11 is 7.57. The zero-order chi connectivity index (χ0) is 23.0. The van der Waals surface area contributed by atoms with E-state index >= 15 is 0 Å². The van der Waals surface area contributed by atoms with Crippen LogP contribution in [-0.2, 0) is 14.3 Å². The molecule has 2 aromatic rings. The number of carbonyl (C=O) groups excluding carboxylic acids is 2. The number of morpholine rings is 1. The number of nitrogens with zero attached hydrogens (tertiary/aromatic N) is 3. The molecule has 0 bridgehead atoms. The van der Waals surface area contributed by atoms with E-state index in [0.717, 1.165) is 41.7 Å². The van der Waals surface area contributed by atoms with Crippen LogP contribution in [0.1, 0.15) is 0 Å². The number of carbonyl (C=O) groups is 2. The van der Waals surface area contributed by atoms with Gasteiger partial charge in [0, 0.05) is 54.1 Å². The van der Waals surface area contributed by atoms with Crippen molar-refractivity contribution in [3.63, 3.8) is 0 Å². The summed E-state index contributed by atoms with van der Waals surface area (Å²) < 4.78 is 5.32. The van der Waals surface area contributed by atoms with E-state index in [4.69, 9.17) is 16.3 Å². The molecular weight excluding hydrogens is 460 g/mol. The van der Waals surface area contributed by atoms with Gasteiger partial charge >= 0.3 is 0 Å². The van der Waals surface area contributed by atoms with Gasteiger partial charge in [0.15, 0.2) is 0 Å². The minimum atomic E-state index is -0.0306. The lowest BCUT2D eigenvalue weighted by Crippen LogP contribution is -2.52. The first-order valence-corrected chi connectivity index (χ1v) is 12.4. The fourth-order valence-electron chi connectivity index (χ4n) is 3.89. The van der Waals surface area contributed by atoms with Gasteiger partial charge in [-0.1, -0.05) is 35.5 Å². The molecule has 0 aromatic heterocycles. The minimum absolute atomic E-state index is 0.0306. The topological polar surface area (TPSA) is 65.1 Å². The number of hydrogen-bond donors (Lipinski definition) is 1. The van der Waals surface area contributed by atoms with E-state index < -0.39 is 0 Å². The number of ether oxygens (including phenoxy) is 1. The first-order chi connectivity index (χ1) is 16.1. The van der Waals surface area contributed by atoms with Gasteiger partial charge in [0.05, 0.1) is 32.0 Å². The van der Waals surface area contributed by atoms with E-state index in [1.54, 1.807) is 11.8 Å². The van der Waals surface area contributed by atoms with Crippen LogP contribution in [0, 0.1) is 0 Å². The molecule has 2 fully saturated rings. The quantitative estimate of drug-likeness (QED) is 0.646. The molecular formula is C24H29ClN4O3S. The van der Waals surface area contributed by atoms with Crippen LogP contribution in [0.3, 0.4) is 0 Å². The number of amides is 2. The summed E-state index contributed by atoms with van der Waals surface area (Å²) in [6.07, 6.45) is 0. The Hall–Kier alpha value is -2.10. The molecule has 2 heterocycles. The van der Waals surface area contributed by atoms with Gasteiger partial charge in [0.25, 0.3) is 0 Å². The second-order valence-corrected chi connectivity index (χ2v) is 9.70. The highest BCUT2D eigenvalue weighted by molar-refractivity contribution is 7.99. The van der Waals surface area contributed by atoms with Gasteiger partial charge in [-0.25, -0.2) is 0 Å². The highest BCUT2D eigenvalue weighted by Crippen LogP contribution is 2.33. The number of hydrogen-bond acceptors (Lipinski definition) is 6. The molecule has 33 heavy (non-hydrogen) atoms. The van der Waals surface area contributed by atoms with Crippen molar-refractivity contribution < 1.29 is 14.3 Å². The van der Waals surface area contributed by atoms with E-state index in [-0.39, 0.29) is 11.8 Å². The Labute approximate surface area is 204 Å². The molecule has 0 spiro atoms. The van der Waals surface area contributed by atoms with Crippen molar-refractivity contribution in [1.29, 1.82) is 0 Å². The number of halogens is 1. The van der Waals surface area contributed by atoms with Crippen LogP contribution < -0.4 is 5.32 Å². The predicted molar refractivity (Wildman–Crippen MR) is 131 cm³/mol. The van der Waals surface area contributed by atoms with Gasteiger partial charge in [-0.3, -0.25) is 19.4 Å². The number of anilines is 1. The molecule has 7 nitrogen and oxygen atoms in total. The van der Waals surface area contributed by atoms with Crippen molar-refractivity contribution in [2.45, 2.75) is 9.79 Å². The molecule has 0 radical (unpaired) electrons. The van der Waals surface area contributed by atoms with Gasteiger partial charge in [-0.15, -0.1) is 0 Å². The monoisotopic (exact) mass is 488 g/mol. The summed E-state index contributed by atoms with van der Waals surface area (Å²) in [5.41, 5.74) is 0.803. The predicted octanol–water partition coefficient (Wildman–Crippen LogP) is 2.91. The van der Waals surface area contributed by atoms with Crippen molar-refractivity contribution in [2.24, 2.45) is 0 Å². The van der Waals surface area contributed by atoms with E-state index in [2.05, 4.69) is 15.1 Å². The van der Waals surface area contributed by atoms with Crippen LogP contribution >= 0.6 is 23.4 Å². The molecule has 176 valence electrons. The first-order valence-electron chi connectivity index (χ1n) is 11.2. The summed E-state index contributed by atoms with van der Waals surface area (Å²) in [4.78, 5) is 33.4. The maximum absolute atomic E-state index is 12.7. The van der Waals surface area contributed by atoms with E-state index in [0.29, 0.717) is 44.4 Å². The number of benzene rings is 2. The van der Waals surface area contributed by atoms with Crippen molar-refractivity contribution in [2.75, 3.05) is 70.9 Å². The van der Waals surface area contributed by atoms with Crippen LogP contribution in [0.15, 0.2) is 58.3 Å². The standard InChI is InChI=1S/C24H29ClN4O3S/c25-19-5-7-20(8-6-19)33-22-4-2-1-3-21(22)26-23(30)17-27-9-11-28(12-10-27)18-24(31)29-13-15-32-16-14-29/h1-8H,9-18H2,(H,26,30). The maximum atomic E-state index is 12.7. The Balaban J connectivity index is 1.24. The van der Waals surface area contributed by atoms with Crippen LogP contribution in [0.5, 0.6) is 0 Å². The molecule has 1 N–H and O–H groups in total. The lowest BCUT2D eigenvalue weighted by molar-refractivity contribution is -0.137. The molecule has 0 aliphatic carbocycles. The average Bonchev–Trinajstić information content (AvgIpc) is 2.83. The Bertz CT molecular complexity index is 945. The van der Waals surface area contributed by atoms with Crippen LogP contribution in [0.25, 0.3) is 0 Å².